The molecule has 0 spiro atoms. The molecule has 0 saturated carbocycles. The van der Waals surface area contributed by atoms with E-state index in [9.17, 15) is 9.90 Å². The monoisotopic (exact) mass is 591 g/mol. The van der Waals surface area contributed by atoms with Crippen LogP contribution >= 0.6 is 0 Å². The lowest BCUT2D eigenvalue weighted by atomic mass is 9.90. The van der Waals surface area contributed by atoms with Gasteiger partial charge in [-0.1, -0.05) is 225 Å². The summed E-state index contributed by atoms with van der Waals surface area (Å²) in [7, 11) is 0. The van der Waals surface area contributed by atoms with E-state index >= 15 is 0 Å². The van der Waals surface area contributed by atoms with Crippen molar-refractivity contribution < 1.29 is 9.90 Å². The van der Waals surface area contributed by atoms with Gasteiger partial charge in [0.15, 0.2) is 0 Å². The van der Waals surface area contributed by atoms with E-state index in [1.54, 1.807) is 6.92 Å². The highest BCUT2D eigenvalue weighted by Gasteiger charge is 2.09. The average Bonchev–Trinajstić information content (AvgIpc) is 2.99. The predicted octanol–water partition coefficient (Wildman–Crippen LogP) is 14.5. The van der Waals surface area contributed by atoms with Gasteiger partial charge in [-0.15, -0.1) is 0 Å². The van der Waals surface area contributed by atoms with Crippen LogP contribution in [0.15, 0.2) is 11.6 Å². The smallest absolute Gasteiger partial charge is 0.330 e. The molecule has 2 nitrogen and oxygen atoms in total. The second kappa shape index (κ2) is 34.7. The SMILES string of the molecule is CCCCCCCCCCCCCCCCCCC(CC=C(C)C(=O)O)CCCCCCCCCCCCCCCC. The van der Waals surface area contributed by atoms with Crippen LogP contribution in [0.4, 0.5) is 0 Å². The molecule has 0 aromatic heterocycles. The van der Waals surface area contributed by atoms with Crippen LogP contribution in [0.5, 0.6) is 0 Å². The van der Waals surface area contributed by atoms with E-state index in [0.717, 1.165) is 6.42 Å². The number of carboxylic acid groups (broad SMARTS) is 1. The van der Waals surface area contributed by atoms with Crippen molar-refractivity contribution in [2.24, 2.45) is 5.92 Å². The zero-order valence-corrected chi connectivity index (χ0v) is 29.3. The zero-order chi connectivity index (χ0) is 30.8. The van der Waals surface area contributed by atoms with Crippen molar-refractivity contribution in [3.8, 4) is 0 Å². The highest BCUT2D eigenvalue weighted by Crippen LogP contribution is 2.24. The molecule has 0 aliphatic heterocycles. The second-order valence-electron chi connectivity index (χ2n) is 13.8. The molecule has 250 valence electrons. The number of allylic oxidation sites excluding steroid dienone is 1. The van der Waals surface area contributed by atoms with Crippen LogP contribution in [-0.2, 0) is 4.79 Å². The zero-order valence-electron chi connectivity index (χ0n) is 29.3. The van der Waals surface area contributed by atoms with E-state index in [-0.39, 0.29) is 0 Å². The Morgan fingerprint density at radius 2 is 0.690 bits per heavy atom. The first-order chi connectivity index (χ1) is 20.6. The molecule has 0 bridgehead atoms. The van der Waals surface area contributed by atoms with E-state index in [1.807, 2.05) is 6.08 Å². The Hall–Kier alpha value is -0.790. The van der Waals surface area contributed by atoms with Crippen LogP contribution in [0.1, 0.15) is 233 Å². The molecule has 1 unspecified atom stereocenters. The highest BCUT2D eigenvalue weighted by molar-refractivity contribution is 5.85. The van der Waals surface area contributed by atoms with Gasteiger partial charge in [-0.05, 0) is 19.3 Å². The van der Waals surface area contributed by atoms with Gasteiger partial charge in [0, 0.05) is 5.57 Å². The third-order valence-corrected chi connectivity index (χ3v) is 9.53. The summed E-state index contributed by atoms with van der Waals surface area (Å²) in [6.45, 7) is 6.34. The van der Waals surface area contributed by atoms with E-state index in [2.05, 4.69) is 13.8 Å². The van der Waals surface area contributed by atoms with Gasteiger partial charge in [-0.25, -0.2) is 4.79 Å². The Morgan fingerprint density at radius 3 is 0.929 bits per heavy atom. The van der Waals surface area contributed by atoms with Crippen molar-refractivity contribution in [2.45, 2.75) is 233 Å². The summed E-state index contributed by atoms with van der Waals surface area (Å²) in [6, 6.07) is 0. The molecule has 0 saturated heterocycles. The van der Waals surface area contributed by atoms with Crippen LogP contribution in [0.3, 0.4) is 0 Å². The maximum absolute atomic E-state index is 11.3. The highest BCUT2D eigenvalue weighted by atomic mass is 16.4. The Bertz CT molecular complexity index is 566. The molecule has 0 aromatic carbocycles. The lowest BCUT2D eigenvalue weighted by Crippen LogP contribution is -2.02. The number of unbranched alkanes of at least 4 members (excludes halogenated alkanes) is 28. The summed E-state index contributed by atoms with van der Waals surface area (Å²) in [4.78, 5) is 11.3. The summed E-state index contributed by atoms with van der Waals surface area (Å²) >= 11 is 0. The van der Waals surface area contributed by atoms with Gasteiger partial charge in [0.2, 0.25) is 0 Å². The van der Waals surface area contributed by atoms with Gasteiger partial charge in [0.05, 0.1) is 0 Å². The van der Waals surface area contributed by atoms with Crippen LogP contribution in [0.25, 0.3) is 0 Å². The largest absolute Gasteiger partial charge is 0.478 e. The molecular formula is C40H78O2. The van der Waals surface area contributed by atoms with Crippen molar-refractivity contribution in [2.75, 3.05) is 0 Å². The van der Waals surface area contributed by atoms with Crippen LogP contribution in [0.2, 0.25) is 0 Å². The molecule has 0 aliphatic rings. The number of hydrogen-bond acceptors (Lipinski definition) is 1. The molecule has 2 heteroatoms. The first-order valence-electron chi connectivity index (χ1n) is 19.5. The van der Waals surface area contributed by atoms with Crippen molar-refractivity contribution in [3.05, 3.63) is 11.6 Å². The fourth-order valence-corrected chi connectivity index (χ4v) is 6.42. The van der Waals surface area contributed by atoms with Crippen molar-refractivity contribution in [3.63, 3.8) is 0 Å². The minimum absolute atomic E-state index is 0.521. The van der Waals surface area contributed by atoms with Crippen molar-refractivity contribution in [1.82, 2.24) is 0 Å². The fraction of sp³-hybridized carbons (Fsp3) is 0.925. The van der Waals surface area contributed by atoms with E-state index in [1.165, 1.54) is 205 Å². The number of rotatable bonds is 35. The minimum Gasteiger partial charge on any atom is -0.478 e. The third kappa shape index (κ3) is 32.1. The lowest BCUT2D eigenvalue weighted by Gasteiger charge is -2.15. The summed E-state index contributed by atoms with van der Waals surface area (Å²) in [6.07, 6.45) is 47.9. The second-order valence-corrected chi connectivity index (χ2v) is 13.8. The minimum atomic E-state index is -0.757. The third-order valence-electron chi connectivity index (χ3n) is 9.53. The van der Waals surface area contributed by atoms with E-state index in [4.69, 9.17) is 0 Å². The average molecular weight is 591 g/mol. The van der Waals surface area contributed by atoms with Gasteiger partial charge >= 0.3 is 5.97 Å². The Kier molecular flexibility index (Phi) is 34.0. The van der Waals surface area contributed by atoms with Gasteiger partial charge in [0.25, 0.3) is 0 Å². The summed E-state index contributed by atoms with van der Waals surface area (Å²) < 4.78 is 0. The first kappa shape index (κ1) is 41.2. The number of carbonyl (C=O) groups is 1. The summed E-state index contributed by atoms with van der Waals surface area (Å²) in [5.74, 6) is -0.0871. The quantitative estimate of drug-likeness (QED) is 0.0588. The molecular weight excluding hydrogens is 512 g/mol. The molecule has 1 atom stereocenters. The normalized spacial score (nSPS) is 12.7. The fourth-order valence-electron chi connectivity index (χ4n) is 6.42. The van der Waals surface area contributed by atoms with Crippen LogP contribution in [0, 0.1) is 5.92 Å². The van der Waals surface area contributed by atoms with Crippen LogP contribution in [-0.4, -0.2) is 11.1 Å². The topological polar surface area (TPSA) is 37.3 Å². The molecule has 0 rings (SSSR count). The number of hydrogen-bond donors (Lipinski definition) is 1. The van der Waals surface area contributed by atoms with Gasteiger partial charge in [0.1, 0.15) is 0 Å². The van der Waals surface area contributed by atoms with Gasteiger partial charge < -0.3 is 5.11 Å². The molecule has 0 aromatic rings. The summed E-state index contributed by atoms with van der Waals surface area (Å²) in [5, 5.41) is 9.26. The van der Waals surface area contributed by atoms with Gasteiger partial charge in [-0.3, -0.25) is 0 Å². The van der Waals surface area contributed by atoms with E-state index in [0.29, 0.717) is 11.5 Å². The van der Waals surface area contributed by atoms with E-state index < -0.39 is 5.97 Å². The Morgan fingerprint density at radius 1 is 0.452 bits per heavy atom. The molecule has 0 aliphatic carbocycles. The molecule has 0 heterocycles. The van der Waals surface area contributed by atoms with Crippen molar-refractivity contribution in [1.29, 1.82) is 0 Å². The first-order valence-corrected chi connectivity index (χ1v) is 19.5. The van der Waals surface area contributed by atoms with Crippen LogP contribution < -0.4 is 0 Å². The Labute approximate surface area is 265 Å². The van der Waals surface area contributed by atoms with Gasteiger partial charge in [-0.2, -0.15) is 0 Å². The standard InChI is InChI=1S/C40H78O2/c1-4-6-8-10-12-14-16-18-20-21-23-25-27-29-31-33-35-39(37-36-38(3)40(41)42)34-32-30-28-26-24-22-19-17-15-13-11-9-7-5-2/h36,39H,4-35,37H2,1-3H3,(H,41,42). The molecule has 1 N–H and O–H groups in total. The molecule has 42 heavy (non-hydrogen) atoms. The molecule has 0 amide bonds. The lowest BCUT2D eigenvalue weighted by molar-refractivity contribution is -0.132. The Balaban J connectivity index is 3.77. The number of aliphatic carboxylic acids is 1. The maximum atomic E-state index is 11.3. The van der Waals surface area contributed by atoms with Crippen molar-refractivity contribution >= 4 is 5.97 Å². The maximum Gasteiger partial charge on any atom is 0.330 e. The number of carboxylic acids is 1. The molecule has 0 fully saturated rings. The predicted molar refractivity (Wildman–Crippen MR) is 189 cm³/mol. The summed E-state index contributed by atoms with van der Waals surface area (Å²) in [5.41, 5.74) is 0.521. The molecule has 0 radical (unpaired) electrons.